The molecule has 0 saturated carbocycles. The Balaban J connectivity index is 3.03. The number of ether oxygens (including phenoxy) is 1. The minimum atomic E-state index is 0.702. The molecule has 1 aromatic carbocycles. The van der Waals surface area contributed by atoms with E-state index < -0.39 is 0 Å². The third kappa shape index (κ3) is 3.29. The van der Waals surface area contributed by atoms with E-state index in [1.807, 2.05) is 31.2 Å². The second-order valence-electron chi connectivity index (χ2n) is 2.92. The Labute approximate surface area is 108 Å². The molecule has 0 radical (unpaired) electrons. The van der Waals surface area contributed by atoms with Crippen molar-refractivity contribution >= 4 is 32.2 Å². The first-order valence-corrected chi connectivity index (χ1v) is 6.57. The SMILES string of the molecule is CCS/C(C#N)=C(\Br)c1ccc(OC)cc1. The summed E-state index contributed by atoms with van der Waals surface area (Å²) in [5, 5.41) is 9.01. The number of hydrogen-bond acceptors (Lipinski definition) is 3. The summed E-state index contributed by atoms with van der Waals surface area (Å²) in [4.78, 5) is 0.702. The first-order valence-electron chi connectivity index (χ1n) is 4.80. The molecular weight excluding hydrogens is 286 g/mol. The van der Waals surface area contributed by atoms with Gasteiger partial charge >= 0.3 is 0 Å². The Kier molecular flexibility index (Phi) is 5.44. The molecule has 16 heavy (non-hydrogen) atoms. The van der Waals surface area contributed by atoms with Crippen LogP contribution >= 0.6 is 27.7 Å². The summed E-state index contributed by atoms with van der Waals surface area (Å²) in [6.45, 7) is 2.02. The maximum atomic E-state index is 9.01. The molecule has 0 aliphatic rings. The number of rotatable bonds is 4. The van der Waals surface area contributed by atoms with E-state index in [1.54, 1.807) is 7.11 Å². The Morgan fingerprint density at radius 2 is 2.06 bits per heavy atom. The van der Waals surface area contributed by atoms with Gasteiger partial charge in [-0.2, -0.15) is 5.26 Å². The maximum Gasteiger partial charge on any atom is 0.118 e. The second kappa shape index (κ2) is 6.62. The average Bonchev–Trinajstić information content (AvgIpc) is 2.35. The first kappa shape index (κ1) is 13.1. The summed E-state index contributed by atoms with van der Waals surface area (Å²) in [5.74, 6) is 1.69. The lowest BCUT2D eigenvalue weighted by molar-refractivity contribution is 0.415. The number of methoxy groups -OCH3 is 1. The molecule has 0 heterocycles. The molecular formula is C12H12BrNOS. The van der Waals surface area contributed by atoms with Gasteiger partial charge < -0.3 is 4.74 Å². The standard InChI is InChI=1S/C12H12BrNOS/c1-3-16-11(8-14)12(13)9-4-6-10(15-2)7-5-9/h4-7H,3H2,1-2H3/b12-11-. The highest BCUT2D eigenvalue weighted by molar-refractivity contribution is 9.15. The van der Waals surface area contributed by atoms with Gasteiger partial charge in [0.2, 0.25) is 0 Å². The van der Waals surface area contributed by atoms with Crippen molar-refractivity contribution < 1.29 is 4.74 Å². The third-order valence-electron chi connectivity index (χ3n) is 1.93. The van der Waals surface area contributed by atoms with E-state index in [1.165, 1.54) is 11.8 Å². The molecule has 2 nitrogen and oxygen atoms in total. The molecule has 0 atom stereocenters. The summed E-state index contributed by atoms with van der Waals surface area (Å²) < 4.78 is 5.92. The Hall–Kier alpha value is -0.920. The molecule has 0 aromatic heterocycles. The lowest BCUT2D eigenvalue weighted by atomic mass is 10.2. The third-order valence-corrected chi connectivity index (χ3v) is 3.92. The number of halogens is 1. The van der Waals surface area contributed by atoms with E-state index in [0.29, 0.717) is 4.91 Å². The number of hydrogen-bond donors (Lipinski definition) is 0. The van der Waals surface area contributed by atoms with E-state index in [2.05, 4.69) is 22.0 Å². The van der Waals surface area contributed by atoms with Crippen LogP contribution in [-0.2, 0) is 0 Å². The van der Waals surface area contributed by atoms with Gasteiger partial charge in [-0.25, -0.2) is 0 Å². The molecule has 1 aromatic rings. The van der Waals surface area contributed by atoms with Crippen LogP contribution in [0.5, 0.6) is 5.75 Å². The molecule has 0 N–H and O–H groups in total. The molecule has 0 aliphatic heterocycles. The van der Waals surface area contributed by atoms with Gasteiger partial charge in [-0.1, -0.05) is 19.1 Å². The van der Waals surface area contributed by atoms with Crippen molar-refractivity contribution in [2.75, 3.05) is 12.9 Å². The van der Waals surface area contributed by atoms with Crippen molar-refractivity contribution in [2.45, 2.75) is 6.92 Å². The Morgan fingerprint density at radius 3 is 2.50 bits per heavy atom. The highest BCUT2D eigenvalue weighted by Crippen LogP contribution is 2.31. The van der Waals surface area contributed by atoms with Crippen LogP contribution in [0, 0.1) is 11.3 Å². The van der Waals surface area contributed by atoms with E-state index >= 15 is 0 Å². The van der Waals surface area contributed by atoms with Gasteiger partial charge in [0, 0.05) is 4.48 Å². The van der Waals surface area contributed by atoms with Gasteiger partial charge in [0.05, 0.1) is 12.0 Å². The normalized spacial score (nSPS) is 11.6. The van der Waals surface area contributed by atoms with Crippen LogP contribution in [0.1, 0.15) is 12.5 Å². The quantitative estimate of drug-likeness (QED) is 0.787. The van der Waals surface area contributed by atoms with Crippen molar-refractivity contribution in [1.29, 1.82) is 5.26 Å². The molecule has 0 saturated heterocycles. The topological polar surface area (TPSA) is 33.0 Å². The summed E-state index contributed by atoms with van der Waals surface area (Å²) >= 11 is 4.99. The van der Waals surface area contributed by atoms with E-state index in [9.17, 15) is 0 Å². The average molecular weight is 298 g/mol. The predicted molar refractivity (Wildman–Crippen MR) is 72.6 cm³/mol. The number of allylic oxidation sites excluding steroid dienone is 1. The van der Waals surface area contributed by atoms with Crippen LogP contribution in [0.4, 0.5) is 0 Å². The van der Waals surface area contributed by atoms with Gasteiger partial charge in [-0.3, -0.25) is 0 Å². The molecule has 4 heteroatoms. The van der Waals surface area contributed by atoms with Crippen molar-refractivity contribution in [3.63, 3.8) is 0 Å². The minimum Gasteiger partial charge on any atom is -0.497 e. The van der Waals surface area contributed by atoms with Crippen LogP contribution in [0.3, 0.4) is 0 Å². The van der Waals surface area contributed by atoms with E-state index in [4.69, 9.17) is 10.00 Å². The zero-order valence-corrected chi connectivity index (χ0v) is 11.6. The van der Waals surface area contributed by atoms with Crippen molar-refractivity contribution in [3.8, 4) is 11.8 Å². The van der Waals surface area contributed by atoms with Crippen molar-refractivity contribution in [3.05, 3.63) is 34.7 Å². The van der Waals surface area contributed by atoms with Crippen LogP contribution in [0.25, 0.3) is 4.48 Å². The minimum absolute atomic E-state index is 0.702. The van der Waals surface area contributed by atoms with Crippen LogP contribution < -0.4 is 4.74 Å². The lowest BCUT2D eigenvalue weighted by Crippen LogP contribution is -1.85. The second-order valence-corrected chi connectivity index (χ2v) is 4.98. The number of benzene rings is 1. The van der Waals surface area contributed by atoms with Crippen molar-refractivity contribution in [2.24, 2.45) is 0 Å². The van der Waals surface area contributed by atoms with Gasteiger partial charge in [0.25, 0.3) is 0 Å². The molecule has 0 unspecified atom stereocenters. The fourth-order valence-electron chi connectivity index (χ4n) is 1.16. The maximum absolute atomic E-state index is 9.01. The molecule has 0 aliphatic carbocycles. The molecule has 0 spiro atoms. The predicted octanol–water partition coefficient (Wildman–Crippen LogP) is 4.04. The first-order chi connectivity index (χ1) is 7.72. The fourth-order valence-corrected chi connectivity index (χ4v) is 2.45. The van der Waals surface area contributed by atoms with Gasteiger partial charge in [-0.15, -0.1) is 11.8 Å². The molecule has 0 amide bonds. The summed E-state index contributed by atoms with van der Waals surface area (Å²) in [6.07, 6.45) is 0. The fraction of sp³-hybridized carbons (Fsp3) is 0.250. The highest BCUT2D eigenvalue weighted by atomic mass is 79.9. The van der Waals surface area contributed by atoms with E-state index in [-0.39, 0.29) is 0 Å². The Morgan fingerprint density at radius 1 is 1.44 bits per heavy atom. The van der Waals surface area contributed by atoms with Gasteiger partial charge in [0.1, 0.15) is 11.8 Å². The number of nitrogens with zero attached hydrogens (tertiary/aromatic N) is 1. The monoisotopic (exact) mass is 297 g/mol. The van der Waals surface area contributed by atoms with Crippen molar-refractivity contribution in [1.82, 2.24) is 0 Å². The van der Waals surface area contributed by atoms with E-state index in [0.717, 1.165) is 21.5 Å². The van der Waals surface area contributed by atoms with Crippen LogP contribution in [-0.4, -0.2) is 12.9 Å². The molecule has 0 fully saturated rings. The number of nitriles is 1. The summed E-state index contributed by atoms with van der Waals surface area (Å²) in [7, 11) is 1.63. The molecule has 1 rings (SSSR count). The molecule has 84 valence electrons. The smallest absolute Gasteiger partial charge is 0.118 e. The van der Waals surface area contributed by atoms with Gasteiger partial charge in [0.15, 0.2) is 0 Å². The van der Waals surface area contributed by atoms with Crippen LogP contribution in [0.2, 0.25) is 0 Å². The number of thioether (sulfide) groups is 1. The summed E-state index contributed by atoms with van der Waals surface area (Å²) in [5.41, 5.74) is 0.985. The molecule has 0 bridgehead atoms. The largest absolute Gasteiger partial charge is 0.497 e. The Bertz CT molecular complexity index is 420. The van der Waals surface area contributed by atoms with Crippen LogP contribution in [0.15, 0.2) is 29.2 Å². The van der Waals surface area contributed by atoms with Gasteiger partial charge in [-0.05, 0) is 39.4 Å². The zero-order valence-electron chi connectivity index (χ0n) is 9.16. The lowest BCUT2D eigenvalue weighted by Gasteiger charge is -2.04. The highest BCUT2D eigenvalue weighted by Gasteiger charge is 2.06. The zero-order chi connectivity index (χ0) is 12.0. The summed E-state index contributed by atoms with van der Waals surface area (Å²) in [6, 6.07) is 9.80.